The van der Waals surface area contributed by atoms with Crippen LogP contribution in [0.2, 0.25) is 0 Å². The van der Waals surface area contributed by atoms with Crippen molar-refractivity contribution in [2.45, 2.75) is 44.2 Å². The summed E-state index contributed by atoms with van der Waals surface area (Å²) in [6.07, 6.45) is 4.26. The van der Waals surface area contributed by atoms with Gasteiger partial charge in [-0.1, -0.05) is 18.6 Å². The molecule has 25 heavy (non-hydrogen) atoms. The lowest BCUT2D eigenvalue weighted by molar-refractivity contribution is -0.384. The SMILES string of the molecule is O=C(Cc1ccc([N+](=O)[O-])cc1)OC1CCCCC1N1CCOCC1. The third kappa shape index (κ3) is 4.76. The van der Waals surface area contributed by atoms with E-state index in [0.29, 0.717) is 0 Å². The van der Waals surface area contributed by atoms with Gasteiger partial charge in [-0.2, -0.15) is 0 Å². The summed E-state index contributed by atoms with van der Waals surface area (Å²) in [6, 6.07) is 6.33. The maximum Gasteiger partial charge on any atom is 0.310 e. The first kappa shape index (κ1) is 17.8. The van der Waals surface area contributed by atoms with Gasteiger partial charge in [0.2, 0.25) is 0 Å². The molecule has 1 heterocycles. The Morgan fingerprint density at radius 3 is 2.56 bits per heavy atom. The lowest BCUT2D eigenvalue weighted by Crippen LogP contribution is -2.51. The summed E-state index contributed by atoms with van der Waals surface area (Å²) >= 11 is 0. The molecule has 0 amide bonds. The molecule has 0 radical (unpaired) electrons. The molecule has 2 atom stereocenters. The average molecular weight is 348 g/mol. The monoisotopic (exact) mass is 348 g/mol. The zero-order chi connectivity index (χ0) is 17.6. The lowest BCUT2D eigenvalue weighted by atomic mass is 9.91. The van der Waals surface area contributed by atoms with E-state index >= 15 is 0 Å². The molecule has 1 aliphatic heterocycles. The predicted octanol–water partition coefficient (Wildman–Crippen LogP) is 2.32. The highest BCUT2D eigenvalue weighted by Gasteiger charge is 2.33. The van der Waals surface area contributed by atoms with Crippen molar-refractivity contribution in [1.82, 2.24) is 4.90 Å². The smallest absolute Gasteiger partial charge is 0.310 e. The highest BCUT2D eigenvalue weighted by molar-refractivity contribution is 5.73. The summed E-state index contributed by atoms with van der Waals surface area (Å²) in [5.74, 6) is -0.265. The molecule has 1 aliphatic carbocycles. The number of nitro groups is 1. The van der Waals surface area contributed by atoms with Gasteiger partial charge in [-0.15, -0.1) is 0 Å². The third-order valence-corrected chi connectivity index (χ3v) is 4.96. The van der Waals surface area contributed by atoms with Gasteiger partial charge in [0, 0.05) is 31.3 Å². The number of benzene rings is 1. The van der Waals surface area contributed by atoms with Gasteiger partial charge < -0.3 is 9.47 Å². The molecule has 1 saturated carbocycles. The molecule has 0 aromatic heterocycles. The molecule has 2 aliphatic rings. The Bertz CT molecular complexity index is 598. The fourth-order valence-corrected chi connectivity index (χ4v) is 3.65. The Morgan fingerprint density at radius 2 is 1.88 bits per heavy atom. The summed E-state index contributed by atoms with van der Waals surface area (Å²) in [5, 5.41) is 10.7. The van der Waals surface area contributed by atoms with Crippen LogP contribution in [-0.2, 0) is 20.7 Å². The summed E-state index contributed by atoms with van der Waals surface area (Å²) in [7, 11) is 0. The molecular weight excluding hydrogens is 324 g/mol. The van der Waals surface area contributed by atoms with E-state index < -0.39 is 4.92 Å². The second-order valence-corrected chi connectivity index (χ2v) is 6.63. The van der Waals surface area contributed by atoms with E-state index in [0.717, 1.165) is 51.1 Å². The van der Waals surface area contributed by atoms with Gasteiger partial charge in [0.15, 0.2) is 0 Å². The number of hydrogen-bond donors (Lipinski definition) is 0. The van der Waals surface area contributed by atoms with Crippen LogP contribution in [0.25, 0.3) is 0 Å². The number of morpholine rings is 1. The van der Waals surface area contributed by atoms with E-state index in [2.05, 4.69) is 4.90 Å². The molecule has 0 bridgehead atoms. The van der Waals surface area contributed by atoms with Crippen LogP contribution in [0.5, 0.6) is 0 Å². The summed E-state index contributed by atoms with van der Waals surface area (Å²) in [5.41, 5.74) is 0.756. The van der Waals surface area contributed by atoms with Crippen molar-refractivity contribution in [3.05, 3.63) is 39.9 Å². The number of carbonyl (C=O) groups is 1. The second kappa shape index (κ2) is 8.40. The first-order chi connectivity index (χ1) is 12.1. The number of non-ortho nitro benzene ring substituents is 1. The van der Waals surface area contributed by atoms with E-state index in [-0.39, 0.29) is 30.2 Å². The van der Waals surface area contributed by atoms with Crippen molar-refractivity contribution in [3.8, 4) is 0 Å². The van der Waals surface area contributed by atoms with Crippen LogP contribution in [-0.4, -0.2) is 54.2 Å². The number of hydrogen-bond acceptors (Lipinski definition) is 6. The fraction of sp³-hybridized carbons (Fsp3) is 0.611. The van der Waals surface area contributed by atoms with Gasteiger partial charge in [-0.3, -0.25) is 19.8 Å². The molecule has 2 unspecified atom stereocenters. The van der Waals surface area contributed by atoms with E-state index in [4.69, 9.17) is 9.47 Å². The molecule has 7 nitrogen and oxygen atoms in total. The molecule has 1 aromatic rings. The molecule has 3 rings (SSSR count). The topological polar surface area (TPSA) is 81.9 Å². The van der Waals surface area contributed by atoms with E-state index in [1.165, 1.54) is 18.6 Å². The van der Waals surface area contributed by atoms with Crippen molar-refractivity contribution in [2.75, 3.05) is 26.3 Å². The van der Waals surface area contributed by atoms with Crippen molar-refractivity contribution in [1.29, 1.82) is 0 Å². The quantitative estimate of drug-likeness (QED) is 0.461. The van der Waals surface area contributed by atoms with Gasteiger partial charge in [0.05, 0.1) is 24.6 Å². The second-order valence-electron chi connectivity index (χ2n) is 6.63. The zero-order valence-corrected chi connectivity index (χ0v) is 14.3. The maximum absolute atomic E-state index is 12.3. The Hall–Kier alpha value is -1.99. The normalized spacial score (nSPS) is 24.6. The van der Waals surface area contributed by atoms with E-state index in [1.807, 2.05) is 0 Å². The van der Waals surface area contributed by atoms with Crippen LogP contribution in [0.15, 0.2) is 24.3 Å². The standard InChI is InChI=1S/C18H24N2O5/c21-18(13-14-5-7-15(8-6-14)20(22)23)25-17-4-2-1-3-16(17)19-9-11-24-12-10-19/h5-8,16-17H,1-4,9-13H2. The predicted molar refractivity (Wildman–Crippen MR) is 91.3 cm³/mol. The summed E-state index contributed by atoms with van der Waals surface area (Å²) < 4.78 is 11.2. The highest BCUT2D eigenvalue weighted by atomic mass is 16.6. The van der Waals surface area contributed by atoms with Crippen molar-refractivity contribution < 1.29 is 19.2 Å². The van der Waals surface area contributed by atoms with Gasteiger partial charge >= 0.3 is 5.97 Å². The Labute approximate surface area is 147 Å². The fourth-order valence-electron chi connectivity index (χ4n) is 3.65. The van der Waals surface area contributed by atoms with Crippen LogP contribution in [0.1, 0.15) is 31.2 Å². The lowest BCUT2D eigenvalue weighted by Gasteiger charge is -2.41. The van der Waals surface area contributed by atoms with Gasteiger partial charge in [0.1, 0.15) is 6.10 Å². The summed E-state index contributed by atoms with van der Waals surface area (Å²) in [6.45, 7) is 3.25. The maximum atomic E-state index is 12.3. The van der Waals surface area contributed by atoms with Crippen LogP contribution < -0.4 is 0 Å². The van der Waals surface area contributed by atoms with Crippen LogP contribution in [0, 0.1) is 10.1 Å². The van der Waals surface area contributed by atoms with Crippen molar-refractivity contribution in [3.63, 3.8) is 0 Å². The molecule has 0 spiro atoms. The van der Waals surface area contributed by atoms with Crippen LogP contribution >= 0.6 is 0 Å². The van der Waals surface area contributed by atoms with Crippen molar-refractivity contribution in [2.24, 2.45) is 0 Å². The molecule has 136 valence electrons. The molecule has 2 fully saturated rings. The minimum absolute atomic E-state index is 0.0248. The first-order valence-corrected chi connectivity index (χ1v) is 8.88. The first-order valence-electron chi connectivity index (χ1n) is 8.88. The molecule has 0 N–H and O–H groups in total. The number of nitro benzene ring substituents is 1. The molecule has 1 aromatic carbocycles. The third-order valence-electron chi connectivity index (χ3n) is 4.96. The molecule has 1 saturated heterocycles. The highest BCUT2D eigenvalue weighted by Crippen LogP contribution is 2.27. The zero-order valence-electron chi connectivity index (χ0n) is 14.3. The molecule has 7 heteroatoms. The summed E-state index contributed by atoms with van der Waals surface area (Å²) in [4.78, 5) is 24.9. The van der Waals surface area contributed by atoms with Crippen LogP contribution in [0.4, 0.5) is 5.69 Å². The largest absolute Gasteiger partial charge is 0.460 e. The molecular formula is C18H24N2O5. The Balaban J connectivity index is 1.57. The average Bonchev–Trinajstić information content (AvgIpc) is 2.63. The number of nitrogens with zero attached hydrogens (tertiary/aromatic N) is 2. The minimum Gasteiger partial charge on any atom is -0.460 e. The van der Waals surface area contributed by atoms with Gasteiger partial charge in [0.25, 0.3) is 5.69 Å². The Kier molecular flexibility index (Phi) is 5.99. The number of carbonyl (C=O) groups excluding carboxylic acids is 1. The minimum atomic E-state index is -0.447. The Morgan fingerprint density at radius 1 is 1.20 bits per heavy atom. The number of esters is 1. The van der Waals surface area contributed by atoms with E-state index in [9.17, 15) is 14.9 Å². The van der Waals surface area contributed by atoms with E-state index in [1.54, 1.807) is 12.1 Å². The van der Waals surface area contributed by atoms with Gasteiger partial charge in [-0.05, 0) is 24.8 Å². The number of rotatable bonds is 5. The van der Waals surface area contributed by atoms with Crippen molar-refractivity contribution >= 4 is 11.7 Å². The van der Waals surface area contributed by atoms with Gasteiger partial charge in [-0.25, -0.2) is 0 Å². The van der Waals surface area contributed by atoms with Crippen LogP contribution in [0.3, 0.4) is 0 Å². The number of ether oxygens (including phenoxy) is 2.